The van der Waals surface area contributed by atoms with Crippen molar-refractivity contribution in [2.24, 2.45) is 0 Å². The highest BCUT2D eigenvalue weighted by atomic mass is 16.6. The number of benzene rings is 1. The Morgan fingerprint density at radius 2 is 0.475 bits per heavy atom. The molecule has 0 bridgehead atoms. The molecule has 0 atom stereocenters. The molecular weight excluding hydrogens is 1050 g/mol. The summed E-state index contributed by atoms with van der Waals surface area (Å²) in [5.74, 6) is -0.121. The van der Waals surface area contributed by atoms with Gasteiger partial charge >= 0.3 is 5.97 Å². The molecule has 0 amide bonds. The first-order valence-corrected chi connectivity index (χ1v) is 29.2. The largest absolute Gasteiger partial charge is 0.491 e. The molecule has 0 saturated heterocycles. The Kier molecular flexibility index (Phi) is 63.9. The summed E-state index contributed by atoms with van der Waals surface area (Å²) in [6.45, 7) is 20.9. The van der Waals surface area contributed by atoms with Crippen LogP contribution in [0.3, 0.4) is 0 Å². The molecule has 23 nitrogen and oxygen atoms in total. The van der Waals surface area contributed by atoms with Crippen molar-refractivity contribution in [2.75, 3.05) is 271 Å². The Bertz CT molecular complexity index is 1320. The van der Waals surface area contributed by atoms with Gasteiger partial charge in [0, 0.05) is 0 Å². The first-order valence-electron chi connectivity index (χ1n) is 29.2. The molecule has 0 aliphatic rings. The smallest absolute Gasteiger partial charge is 0.329 e. The average Bonchev–Trinajstić information content (AvgIpc) is 3.46. The van der Waals surface area contributed by atoms with Crippen LogP contribution in [0.1, 0.15) is 57.4 Å². The van der Waals surface area contributed by atoms with Crippen molar-refractivity contribution < 1.29 is 109 Å². The van der Waals surface area contributed by atoms with E-state index < -0.39 is 5.97 Å². The normalized spacial score (nSPS) is 11.6. The van der Waals surface area contributed by atoms with Gasteiger partial charge in [0.05, 0.1) is 258 Å². The maximum atomic E-state index is 10.3. The van der Waals surface area contributed by atoms with E-state index in [0.29, 0.717) is 258 Å². The van der Waals surface area contributed by atoms with Gasteiger partial charge in [-0.1, -0.05) is 57.6 Å². The minimum absolute atomic E-state index is 0.234. The summed E-state index contributed by atoms with van der Waals surface area (Å²) in [6.07, 6.45) is 10.5. The van der Waals surface area contributed by atoms with E-state index in [2.05, 4.69) is 31.2 Å². The van der Waals surface area contributed by atoms with Crippen molar-refractivity contribution in [3.63, 3.8) is 0 Å². The molecule has 0 heterocycles. The van der Waals surface area contributed by atoms with Crippen LogP contribution in [0, 0.1) is 0 Å². The number of carbonyl (C=O) groups is 1. The third kappa shape index (κ3) is 63.3. The fourth-order valence-electron chi connectivity index (χ4n) is 6.59. The van der Waals surface area contributed by atoms with Crippen molar-refractivity contribution in [1.29, 1.82) is 0 Å². The molecular formula is C57H106O23. The van der Waals surface area contributed by atoms with E-state index >= 15 is 0 Å². The quantitative estimate of drug-likeness (QED) is 0.0866. The van der Waals surface area contributed by atoms with E-state index in [-0.39, 0.29) is 13.2 Å². The van der Waals surface area contributed by atoms with Gasteiger partial charge in [0.15, 0.2) is 0 Å². The molecule has 0 aliphatic carbocycles. The van der Waals surface area contributed by atoms with Crippen LogP contribution < -0.4 is 4.74 Å². The monoisotopic (exact) mass is 1160 g/mol. The van der Waals surface area contributed by atoms with Gasteiger partial charge in [-0.25, -0.2) is 4.79 Å². The van der Waals surface area contributed by atoms with Crippen molar-refractivity contribution in [1.82, 2.24) is 0 Å². The van der Waals surface area contributed by atoms with E-state index in [1.165, 1.54) is 50.5 Å². The number of ether oxygens (including phenoxy) is 21. The van der Waals surface area contributed by atoms with Gasteiger partial charge in [-0.15, -0.1) is 0 Å². The number of aliphatic carboxylic acids is 1. The molecule has 0 unspecified atom stereocenters. The predicted molar refractivity (Wildman–Crippen MR) is 298 cm³/mol. The first kappa shape index (κ1) is 75.7. The lowest BCUT2D eigenvalue weighted by atomic mass is 10.0. The van der Waals surface area contributed by atoms with Gasteiger partial charge < -0.3 is 105 Å². The van der Waals surface area contributed by atoms with Crippen LogP contribution in [0.15, 0.2) is 24.3 Å². The molecule has 0 saturated carbocycles. The summed E-state index contributed by atoms with van der Waals surface area (Å²) in [4.78, 5) is 10.3. The molecule has 1 aromatic carbocycles. The number of aryl methyl sites for hydroxylation is 1. The molecule has 0 aliphatic heterocycles. The van der Waals surface area contributed by atoms with E-state index in [4.69, 9.17) is 105 Å². The second-order valence-corrected chi connectivity index (χ2v) is 17.4. The summed E-state index contributed by atoms with van der Waals surface area (Å²) in [6, 6.07) is 8.44. The van der Waals surface area contributed by atoms with Crippen LogP contribution in [-0.2, 0) is 106 Å². The SMILES string of the molecule is CCCCCCCCCc1ccc(OCCOCCOCCOCCOCCOCCOCCOCCOCCOCCOCCOCCOCCOCCOCCOCCOCCOCCOCCOCCOCC(=O)O)cc1. The summed E-state index contributed by atoms with van der Waals surface area (Å²) in [7, 11) is 0. The number of unbranched alkanes of at least 4 members (excludes halogenated alkanes) is 6. The summed E-state index contributed by atoms with van der Waals surface area (Å²) in [5.41, 5.74) is 1.37. The molecule has 1 N–H and O–H groups in total. The Balaban J connectivity index is 1.62. The molecule has 472 valence electrons. The first-order chi connectivity index (χ1) is 39.7. The number of carboxylic acids is 1. The second-order valence-electron chi connectivity index (χ2n) is 17.4. The van der Waals surface area contributed by atoms with Gasteiger partial charge in [-0.2, -0.15) is 0 Å². The van der Waals surface area contributed by atoms with Crippen molar-refractivity contribution >= 4 is 5.97 Å². The van der Waals surface area contributed by atoms with Gasteiger partial charge in [0.1, 0.15) is 19.0 Å². The number of carboxylic acid groups (broad SMARTS) is 1. The zero-order chi connectivity index (χ0) is 57.1. The van der Waals surface area contributed by atoms with E-state index in [0.717, 1.165) is 12.2 Å². The maximum absolute atomic E-state index is 10.3. The summed E-state index contributed by atoms with van der Waals surface area (Å²) >= 11 is 0. The maximum Gasteiger partial charge on any atom is 0.329 e. The van der Waals surface area contributed by atoms with Crippen LogP contribution in [0.25, 0.3) is 0 Å². The Morgan fingerprint density at radius 1 is 0.275 bits per heavy atom. The third-order valence-corrected chi connectivity index (χ3v) is 10.8. The minimum atomic E-state index is -1.00. The number of hydrogen-bond acceptors (Lipinski definition) is 22. The minimum Gasteiger partial charge on any atom is -0.491 e. The summed E-state index contributed by atoms with van der Waals surface area (Å²) < 4.78 is 115. The zero-order valence-corrected chi connectivity index (χ0v) is 48.9. The lowest BCUT2D eigenvalue weighted by Crippen LogP contribution is -2.16. The Morgan fingerprint density at radius 3 is 0.700 bits per heavy atom. The van der Waals surface area contributed by atoms with E-state index in [1.807, 2.05) is 0 Å². The highest BCUT2D eigenvalue weighted by Crippen LogP contribution is 2.15. The van der Waals surface area contributed by atoms with Gasteiger partial charge in [-0.05, 0) is 30.5 Å². The predicted octanol–water partition coefficient (Wildman–Crippen LogP) is 4.78. The van der Waals surface area contributed by atoms with Gasteiger partial charge in [-0.3, -0.25) is 0 Å². The lowest BCUT2D eigenvalue weighted by molar-refractivity contribution is -0.142. The van der Waals surface area contributed by atoms with Crippen LogP contribution in [0.5, 0.6) is 5.75 Å². The van der Waals surface area contributed by atoms with Gasteiger partial charge in [0.2, 0.25) is 0 Å². The zero-order valence-electron chi connectivity index (χ0n) is 48.9. The second kappa shape index (κ2) is 67.5. The van der Waals surface area contributed by atoms with Crippen molar-refractivity contribution in [2.45, 2.75) is 58.3 Å². The molecule has 0 radical (unpaired) electrons. The molecule has 0 fully saturated rings. The topological polar surface area (TPSA) is 231 Å². The fraction of sp³-hybridized carbons (Fsp3) is 0.877. The summed E-state index contributed by atoms with van der Waals surface area (Å²) in [5, 5.41) is 8.46. The highest BCUT2D eigenvalue weighted by molar-refractivity contribution is 5.67. The average molecular weight is 1160 g/mol. The molecule has 23 heteroatoms. The van der Waals surface area contributed by atoms with E-state index in [9.17, 15) is 4.79 Å². The van der Waals surface area contributed by atoms with Gasteiger partial charge in [0.25, 0.3) is 0 Å². The molecule has 0 aromatic heterocycles. The van der Waals surface area contributed by atoms with Crippen molar-refractivity contribution in [3.05, 3.63) is 29.8 Å². The molecule has 80 heavy (non-hydrogen) atoms. The fourth-order valence-corrected chi connectivity index (χ4v) is 6.59. The lowest BCUT2D eigenvalue weighted by Gasteiger charge is -2.09. The van der Waals surface area contributed by atoms with E-state index in [1.54, 1.807) is 0 Å². The Hall–Kier alpha value is -2.31. The highest BCUT2D eigenvalue weighted by Gasteiger charge is 2.02. The number of hydrogen-bond donors (Lipinski definition) is 1. The Labute approximate surface area is 478 Å². The van der Waals surface area contributed by atoms with Crippen LogP contribution in [0.2, 0.25) is 0 Å². The standard InChI is InChI=1S/C57H106O23/c1-2-3-4-5-6-7-8-9-55-10-12-56(13-11-55)80-53-52-78-49-48-76-45-44-74-41-40-72-37-36-70-33-32-68-29-28-66-25-24-64-21-20-62-17-16-60-14-15-61-18-19-63-22-23-65-26-27-67-30-31-69-34-35-71-38-39-73-42-43-75-46-47-77-50-51-79-54-57(58)59/h10-13H,2-9,14-54H2,1H3,(H,58,59). The number of rotatable bonds is 71. The van der Waals surface area contributed by atoms with Crippen LogP contribution in [-0.4, -0.2) is 282 Å². The van der Waals surface area contributed by atoms with Crippen LogP contribution in [0.4, 0.5) is 0 Å². The molecule has 1 aromatic rings. The van der Waals surface area contributed by atoms with Crippen molar-refractivity contribution in [3.8, 4) is 5.75 Å². The molecule has 1 rings (SSSR count). The molecule has 0 spiro atoms. The third-order valence-electron chi connectivity index (χ3n) is 10.8. The van der Waals surface area contributed by atoms with Crippen LogP contribution >= 0.6 is 0 Å².